The number of carboxylic acids is 1. The van der Waals surface area contributed by atoms with Gasteiger partial charge in [0.15, 0.2) is 0 Å². The van der Waals surface area contributed by atoms with Gasteiger partial charge in [-0.25, -0.2) is 9.59 Å². The molecule has 4 rings (SSSR count). The first-order chi connectivity index (χ1) is 14.5. The van der Waals surface area contributed by atoms with Crippen LogP contribution < -0.4 is 15.4 Å². The van der Waals surface area contributed by atoms with Crippen molar-refractivity contribution in [1.82, 2.24) is 5.32 Å². The standard InChI is InChI=1S/C23H26N2O5/c1-13-20(15-8-9-15)24-18-11-19(29-2)17(22(26)27)10-16(18)21(13)25-23(28)30-12-14-6-4-3-5-7-14/h3-7,10-11,13,15,20-21,24H,8-9,12H2,1-2H3,(H,25,28)(H,26,27). The molecule has 0 bridgehead atoms. The van der Waals surface area contributed by atoms with E-state index in [1.807, 2.05) is 30.3 Å². The normalized spacial score (nSPS) is 22.4. The zero-order valence-electron chi connectivity index (χ0n) is 17.1. The lowest BCUT2D eigenvalue weighted by molar-refractivity contribution is 0.0693. The lowest BCUT2D eigenvalue weighted by Gasteiger charge is -2.39. The number of carboxylic acid groups (broad SMARTS) is 1. The minimum Gasteiger partial charge on any atom is -0.496 e. The van der Waals surface area contributed by atoms with Gasteiger partial charge in [-0.1, -0.05) is 37.3 Å². The number of carbonyl (C=O) groups excluding carboxylic acids is 1. The lowest BCUT2D eigenvalue weighted by atomic mass is 9.81. The quantitative estimate of drug-likeness (QED) is 0.660. The van der Waals surface area contributed by atoms with Crippen LogP contribution in [0.1, 0.15) is 47.3 Å². The van der Waals surface area contributed by atoms with Crippen LogP contribution in [0.3, 0.4) is 0 Å². The van der Waals surface area contributed by atoms with E-state index in [2.05, 4.69) is 17.6 Å². The van der Waals surface area contributed by atoms with Gasteiger partial charge in [-0.3, -0.25) is 0 Å². The first kappa shape index (κ1) is 20.1. The second-order valence-electron chi connectivity index (χ2n) is 8.00. The monoisotopic (exact) mass is 410 g/mol. The molecule has 1 heterocycles. The molecule has 158 valence electrons. The lowest BCUT2D eigenvalue weighted by Crippen LogP contribution is -2.45. The molecule has 0 aromatic heterocycles. The predicted octanol–water partition coefficient (Wildman–Crippen LogP) is 4.20. The first-order valence-corrected chi connectivity index (χ1v) is 10.2. The molecule has 3 atom stereocenters. The Labute approximate surface area is 175 Å². The van der Waals surface area contributed by atoms with E-state index in [1.54, 1.807) is 12.1 Å². The van der Waals surface area contributed by atoms with Gasteiger partial charge < -0.3 is 25.2 Å². The summed E-state index contributed by atoms with van der Waals surface area (Å²) < 4.78 is 10.7. The van der Waals surface area contributed by atoms with Crippen molar-refractivity contribution in [1.29, 1.82) is 0 Å². The summed E-state index contributed by atoms with van der Waals surface area (Å²) in [5.74, 6) is -0.160. The van der Waals surface area contributed by atoms with Crippen molar-refractivity contribution in [2.24, 2.45) is 11.8 Å². The highest BCUT2D eigenvalue weighted by molar-refractivity contribution is 5.92. The number of hydrogen-bond acceptors (Lipinski definition) is 5. The third-order valence-electron chi connectivity index (χ3n) is 5.97. The Hall–Kier alpha value is -3.22. The molecule has 1 amide bonds. The Morgan fingerprint density at radius 2 is 1.93 bits per heavy atom. The van der Waals surface area contributed by atoms with Gasteiger partial charge >= 0.3 is 12.1 Å². The van der Waals surface area contributed by atoms with Crippen molar-refractivity contribution in [2.75, 3.05) is 12.4 Å². The smallest absolute Gasteiger partial charge is 0.407 e. The number of ether oxygens (including phenoxy) is 2. The highest BCUT2D eigenvalue weighted by Gasteiger charge is 2.43. The Kier molecular flexibility index (Phi) is 5.53. The van der Waals surface area contributed by atoms with Gasteiger partial charge in [0.05, 0.1) is 13.2 Å². The zero-order chi connectivity index (χ0) is 21.3. The van der Waals surface area contributed by atoms with Crippen LogP contribution in [0.4, 0.5) is 10.5 Å². The highest BCUT2D eigenvalue weighted by atomic mass is 16.5. The Bertz CT molecular complexity index is 942. The number of nitrogens with one attached hydrogen (secondary N) is 2. The summed E-state index contributed by atoms with van der Waals surface area (Å²) in [6, 6.07) is 12.6. The van der Waals surface area contributed by atoms with E-state index >= 15 is 0 Å². The zero-order valence-corrected chi connectivity index (χ0v) is 17.1. The van der Waals surface area contributed by atoms with Gasteiger partial charge in [0, 0.05) is 23.7 Å². The van der Waals surface area contributed by atoms with Crippen molar-refractivity contribution >= 4 is 17.7 Å². The molecule has 2 aromatic rings. The van der Waals surface area contributed by atoms with Crippen LogP contribution >= 0.6 is 0 Å². The number of carbonyl (C=O) groups is 2. The summed E-state index contributed by atoms with van der Waals surface area (Å²) in [5.41, 5.74) is 2.49. The number of benzene rings is 2. The van der Waals surface area contributed by atoms with Gasteiger partial charge in [-0.2, -0.15) is 0 Å². The fourth-order valence-corrected chi connectivity index (χ4v) is 4.22. The summed E-state index contributed by atoms with van der Waals surface area (Å²) in [7, 11) is 1.45. The van der Waals surface area contributed by atoms with E-state index in [-0.39, 0.29) is 30.2 Å². The average Bonchev–Trinajstić information content (AvgIpc) is 3.59. The number of fused-ring (bicyclic) bond motifs is 1. The molecule has 3 unspecified atom stereocenters. The van der Waals surface area contributed by atoms with E-state index in [4.69, 9.17) is 9.47 Å². The van der Waals surface area contributed by atoms with Crippen molar-refractivity contribution in [2.45, 2.75) is 38.5 Å². The molecule has 2 aliphatic rings. The second kappa shape index (κ2) is 8.26. The maximum Gasteiger partial charge on any atom is 0.407 e. The number of anilines is 1. The minimum absolute atomic E-state index is 0.0691. The fraction of sp³-hybridized carbons (Fsp3) is 0.391. The minimum atomic E-state index is -1.07. The maximum atomic E-state index is 12.6. The SMILES string of the molecule is COc1cc2c(cc1C(=O)O)C(NC(=O)OCc1ccccc1)C(C)C(C1CC1)N2. The van der Waals surface area contributed by atoms with Crippen LogP contribution in [0.15, 0.2) is 42.5 Å². The molecule has 1 saturated carbocycles. The van der Waals surface area contributed by atoms with Crippen molar-refractivity contribution in [3.63, 3.8) is 0 Å². The molecule has 7 nitrogen and oxygen atoms in total. The van der Waals surface area contributed by atoms with Crippen molar-refractivity contribution < 1.29 is 24.2 Å². The second-order valence-corrected chi connectivity index (χ2v) is 8.00. The van der Waals surface area contributed by atoms with E-state index in [9.17, 15) is 14.7 Å². The Morgan fingerprint density at radius 3 is 2.57 bits per heavy atom. The molecule has 0 radical (unpaired) electrons. The fourth-order valence-electron chi connectivity index (χ4n) is 4.22. The van der Waals surface area contributed by atoms with Crippen molar-refractivity contribution in [3.05, 3.63) is 59.2 Å². The highest BCUT2D eigenvalue weighted by Crippen LogP contribution is 2.47. The molecule has 1 aliphatic heterocycles. The molecule has 1 aliphatic carbocycles. The Balaban J connectivity index is 1.59. The van der Waals surface area contributed by atoms with E-state index < -0.39 is 12.1 Å². The molecule has 2 aromatic carbocycles. The first-order valence-electron chi connectivity index (χ1n) is 10.2. The maximum absolute atomic E-state index is 12.6. The van der Waals surface area contributed by atoms with Gasteiger partial charge in [0.2, 0.25) is 0 Å². The number of hydrogen-bond donors (Lipinski definition) is 3. The summed E-state index contributed by atoms with van der Waals surface area (Å²) in [6.45, 7) is 2.25. The predicted molar refractivity (Wildman–Crippen MR) is 112 cm³/mol. The Morgan fingerprint density at radius 1 is 1.20 bits per heavy atom. The topological polar surface area (TPSA) is 96.9 Å². The van der Waals surface area contributed by atoms with Gasteiger partial charge in [0.1, 0.15) is 17.9 Å². The summed E-state index contributed by atoms with van der Waals surface area (Å²) in [4.78, 5) is 24.3. The molecule has 3 N–H and O–H groups in total. The van der Waals surface area contributed by atoms with Crippen LogP contribution in [0.5, 0.6) is 5.75 Å². The third-order valence-corrected chi connectivity index (χ3v) is 5.97. The van der Waals surface area contributed by atoms with E-state index in [0.717, 1.165) is 29.7 Å². The summed E-state index contributed by atoms with van der Waals surface area (Å²) >= 11 is 0. The number of alkyl carbamates (subject to hydrolysis) is 1. The number of methoxy groups -OCH3 is 1. The molecule has 0 saturated heterocycles. The third kappa shape index (κ3) is 4.06. The van der Waals surface area contributed by atoms with Crippen LogP contribution in [0.25, 0.3) is 0 Å². The van der Waals surface area contributed by atoms with Gasteiger partial charge in [-0.05, 0) is 36.0 Å². The average molecular weight is 410 g/mol. The molecular formula is C23H26N2O5. The van der Waals surface area contributed by atoms with Gasteiger partial charge in [-0.15, -0.1) is 0 Å². The number of amides is 1. The largest absolute Gasteiger partial charge is 0.496 e. The summed E-state index contributed by atoms with van der Waals surface area (Å²) in [6.07, 6.45) is 1.77. The molecule has 1 fully saturated rings. The number of rotatable bonds is 6. The van der Waals surface area contributed by atoms with E-state index in [0.29, 0.717) is 11.7 Å². The summed E-state index contributed by atoms with van der Waals surface area (Å²) in [5, 5.41) is 16.1. The van der Waals surface area contributed by atoms with E-state index in [1.165, 1.54) is 7.11 Å². The number of aromatic carboxylic acids is 1. The van der Waals surface area contributed by atoms with Crippen LogP contribution in [-0.2, 0) is 11.3 Å². The van der Waals surface area contributed by atoms with Crippen molar-refractivity contribution in [3.8, 4) is 5.75 Å². The molecule has 0 spiro atoms. The molecule has 30 heavy (non-hydrogen) atoms. The van der Waals surface area contributed by atoms with Gasteiger partial charge in [0.25, 0.3) is 0 Å². The molecular weight excluding hydrogens is 384 g/mol. The molecule has 7 heteroatoms. The van der Waals surface area contributed by atoms with Crippen LogP contribution in [-0.4, -0.2) is 30.3 Å². The van der Waals surface area contributed by atoms with Crippen LogP contribution in [0.2, 0.25) is 0 Å². The van der Waals surface area contributed by atoms with Crippen LogP contribution in [0, 0.1) is 11.8 Å².